The summed E-state index contributed by atoms with van der Waals surface area (Å²) < 4.78 is 5.68. The molecule has 1 saturated heterocycles. The Bertz CT molecular complexity index is 486. The van der Waals surface area contributed by atoms with Gasteiger partial charge < -0.3 is 15.4 Å². The summed E-state index contributed by atoms with van der Waals surface area (Å²) in [5.41, 5.74) is 6.59. The lowest BCUT2D eigenvalue weighted by Gasteiger charge is -2.22. The van der Waals surface area contributed by atoms with Crippen molar-refractivity contribution in [1.82, 2.24) is 4.90 Å². The van der Waals surface area contributed by atoms with Crippen molar-refractivity contribution < 1.29 is 9.53 Å². The van der Waals surface area contributed by atoms with Crippen molar-refractivity contribution in [2.45, 2.75) is 39.5 Å². The van der Waals surface area contributed by atoms with E-state index in [1.54, 1.807) is 0 Å². The number of nitrogens with zero attached hydrogens (tertiary/aromatic N) is 1. The quantitative estimate of drug-likeness (QED) is 0.788. The molecule has 1 amide bonds. The molecule has 2 rings (SSSR count). The topological polar surface area (TPSA) is 55.6 Å². The normalized spacial score (nSPS) is 21.1. The summed E-state index contributed by atoms with van der Waals surface area (Å²) in [5, 5.41) is 0. The van der Waals surface area contributed by atoms with E-state index in [-0.39, 0.29) is 11.3 Å². The SMILES string of the molecule is CCCCCOc1ccc(C(=O)N2CCC(C)(CN)C2)cc1. The summed E-state index contributed by atoms with van der Waals surface area (Å²) in [5.74, 6) is 0.926. The highest BCUT2D eigenvalue weighted by molar-refractivity contribution is 5.94. The van der Waals surface area contributed by atoms with Crippen LogP contribution in [0.3, 0.4) is 0 Å². The number of benzene rings is 1. The maximum atomic E-state index is 12.5. The van der Waals surface area contributed by atoms with E-state index < -0.39 is 0 Å². The fourth-order valence-electron chi connectivity index (χ4n) is 2.78. The third-order valence-corrected chi connectivity index (χ3v) is 4.46. The van der Waals surface area contributed by atoms with E-state index in [0.29, 0.717) is 6.54 Å². The van der Waals surface area contributed by atoms with Crippen LogP contribution >= 0.6 is 0 Å². The van der Waals surface area contributed by atoms with Crippen LogP contribution in [-0.2, 0) is 0 Å². The molecule has 0 spiro atoms. The van der Waals surface area contributed by atoms with Gasteiger partial charge in [0.2, 0.25) is 0 Å². The lowest BCUT2D eigenvalue weighted by Crippen LogP contribution is -2.34. The Kier molecular flexibility index (Phi) is 5.83. The fourth-order valence-corrected chi connectivity index (χ4v) is 2.78. The lowest BCUT2D eigenvalue weighted by molar-refractivity contribution is 0.0777. The van der Waals surface area contributed by atoms with E-state index in [1.807, 2.05) is 29.2 Å². The van der Waals surface area contributed by atoms with Crippen LogP contribution in [0.1, 0.15) is 49.9 Å². The number of hydrogen-bond donors (Lipinski definition) is 1. The number of nitrogens with two attached hydrogens (primary N) is 1. The largest absolute Gasteiger partial charge is 0.494 e. The minimum absolute atomic E-state index is 0.0674. The molecule has 1 aliphatic rings. The molecule has 1 aliphatic heterocycles. The van der Waals surface area contributed by atoms with Crippen molar-refractivity contribution in [1.29, 1.82) is 0 Å². The van der Waals surface area contributed by atoms with Crippen LogP contribution < -0.4 is 10.5 Å². The number of likely N-dealkylation sites (tertiary alicyclic amines) is 1. The maximum Gasteiger partial charge on any atom is 0.253 e. The van der Waals surface area contributed by atoms with Gasteiger partial charge in [-0.25, -0.2) is 0 Å². The zero-order valence-corrected chi connectivity index (χ0v) is 13.8. The Labute approximate surface area is 133 Å². The third-order valence-electron chi connectivity index (χ3n) is 4.46. The smallest absolute Gasteiger partial charge is 0.253 e. The van der Waals surface area contributed by atoms with Crippen molar-refractivity contribution in [2.75, 3.05) is 26.2 Å². The molecule has 0 bridgehead atoms. The maximum absolute atomic E-state index is 12.5. The summed E-state index contributed by atoms with van der Waals surface area (Å²) in [6.07, 6.45) is 4.43. The van der Waals surface area contributed by atoms with Gasteiger partial charge in [0.15, 0.2) is 0 Å². The number of hydrogen-bond acceptors (Lipinski definition) is 3. The molecular weight excluding hydrogens is 276 g/mol. The third kappa shape index (κ3) is 4.23. The molecule has 0 saturated carbocycles. The standard InChI is InChI=1S/C18H28N2O2/c1-3-4-5-12-22-16-8-6-15(7-9-16)17(21)20-11-10-18(2,13-19)14-20/h6-9H,3-5,10-14,19H2,1-2H3. The van der Waals surface area contributed by atoms with E-state index >= 15 is 0 Å². The van der Waals surface area contributed by atoms with Crippen LogP contribution in [0.15, 0.2) is 24.3 Å². The van der Waals surface area contributed by atoms with E-state index in [2.05, 4.69) is 13.8 Å². The summed E-state index contributed by atoms with van der Waals surface area (Å²) in [6, 6.07) is 7.49. The minimum Gasteiger partial charge on any atom is -0.494 e. The van der Waals surface area contributed by atoms with Gasteiger partial charge in [-0.1, -0.05) is 26.7 Å². The van der Waals surface area contributed by atoms with Crippen molar-refractivity contribution in [3.8, 4) is 5.75 Å². The molecule has 1 aromatic carbocycles. The Morgan fingerprint density at radius 1 is 1.32 bits per heavy atom. The second-order valence-electron chi connectivity index (χ2n) is 6.57. The molecule has 1 heterocycles. The van der Waals surface area contributed by atoms with Gasteiger partial charge in [-0.2, -0.15) is 0 Å². The average Bonchev–Trinajstić information content (AvgIpc) is 2.95. The van der Waals surface area contributed by atoms with Gasteiger partial charge in [0, 0.05) is 18.7 Å². The van der Waals surface area contributed by atoms with E-state index in [9.17, 15) is 4.79 Å². The van der Waals surface area contributed by atoms with Crippen molar-refractivity contribution in [3.63, 3.8) is 0 Å². The summed E-state index contributed by atoms with van der Waals surface area (Å²) >= 11 is 0. The van der Waals surface area contributed by atoms with Crippen molar-refractivity contribution in [2.24, 2.45) is 11.1 Å². The van der Waals surface area contributed by atoms with Gasteiger partial charge in [0.25, 0.3) is 5.91 Å². The molecular formula is C18H28N2O2. The molecule has 4 heteroatoms. The molecule has 1 aromatic rings. The van der Waals surface area contributed by atoms with Gasteiger partial charge in [0.05, 0.1) is 6.61 Å². The number of ether oxygens (including phenoxy) is 1. The van der Waals surface area contributed by atoms with Crippen LogP contribution in [0.5, 0.6) is 5.75 Å². The molecule has 0 aliphatic carbocycles. The Balaban J connectivity index is 1.89. The molecule has 22 heavy (non-hydrogen) atoms. The van der Waals surface area contributed by atoms with Crippen molar-refractivity contribution >= 4 is 5.91 Å². The Hall–Kier alpha value is -1.55. The van der Waals surface area contributed by atoms with Gasteiger partial charge in [0.1, 0.15) is 5.75 Å². The van der Waals surface area contributed by atoms with Gasteiger partial charge in [-0.05, 0) is 49.1 Å². The summed E-state index contributed by atoms with van der Waals surface area (Å²) in [6.45, 7) is 7.23. The molecule has 2 N–H and O–H groups in total. The van der Waals surface area contributed by atoms with Crippen LogP contribution in [0.4, 0.5) is 0 Å². The zero-order valence-electron chi connectivity index (χ0n) is 13.8. The zero-order chi connectivity index (χ0) is 16.0. The predicted molar refractivity (Wildman–Crippen MR) is 89.1 cm³/mol. The van der Waals surface area contributed by atoms with Gasteiger partial charge >= 0.3 is 0 Å². The number of unbranched alkanes of at least 4 members (excludes halogenated alkanes) is 2. The molecule has 1 unspecified atom stereocenters. The van der Waals surface area contributed by atoms with Crippen LogP contribution in [0, 0.1) is 5.41 Å². The van der Waals surface area contributed by atoms with E-state index in [1.165, 1.54) is 12.8 Å². The number of carbonyl (C=O) groups excluding carboxylic acids is 1. The van der Waals surface area contributed by atoms with Crippen LogP contribution in [0.2, 0.25) is 0 Å². The highest BCUT2D eigenvalue weighted by Crippen LogP contribution is 2.29. The number of rotatable bonds is 7. The van der Waals surface area contributed by atoms with Gasteiger partial charge in [-0.15, -0.1) is 0 Å². The first-order chi connectivity index (χ1) is 10.6. The molecule has 0 radical (unpaired) electrons. The molecule has 0 aromatic heterocycles. The molecule has 4 nitrogen and oxygen atoms in total. The van der Waals surface area contributed by atoms with E-state index in [4.69, 9.17) is 10.5 Å². The van der Waals surface area contributed by atoms with Crippen LogP contribution in [-0.4, -0.2) is 37.0 Å². The predicted octanol–water partition coefficient (Wildman–Crippen LogP) is 3.07. The van der Waals surface area contributed by atoms with Crippen LogP contribution in [0.25, 0.3) is 0 Å². The average molecular weight is 304 g/mol. The monoisotopic (exact) mass is 304 g/mol. The van der Waals surface area contributed by atoms with Crippen molar-refractivity contribution in [3.05, 3.63) is 29.8 Å². The first-order valence-corrected chi connectivity index (χ1v) is 8.30. The first kappa shape index (κ1) is 16.8. The molecule has 1 atom stereocenters. The van der Waals surface area contributed by atoms with Gasteiger partial charge in [-0.3, -0.25) is 4.79 Å². The lowest BCUT2D eigenvalue weighted by atomic mass is 9.90. The molecule has 122 valence electrons. The molecule has 1 fully saturated rings. The summed E-state index contributed by atoms with van der Waals surface area (Å²) in [4.78, 5) is 14.4. The fraction of sp³-hybridized carbons (Fsp3) is 0.611. The number of carbonyl (C=O) groups is 1. The van der Waals surface area contributed by atoms with E-state index in [0.717, 1.165) is 43.9 Å². The minimum atomic E-state index is 0.0674. The first-order valence-electron chi connectivity index (χ1n) is 8.30. The highest BCUT2D eigenvalue weighted by atomic mass is 16.5. The second kappa shape index (κ2) is 7.63. The highest BCUT2D eigenvalue weighted by Gasteiger charge is 2.35. The second-order valence-corrected chi connectivity index (χ2v) is 6.57. The Morgan fingerprint density at radius 3 is 2.64 bits per heavy atom. The number of amides is 1. The summed E-state index contributed by atoms with van der Waals surface area (Å²) in [7, 11) is 0. The Morgan fingerprint density at radius 2 is 2.05 bits per heavy atom.